The number of hydrazone groups is 1. The van der Waals surface area contributed by atoms with E-state index in [2.05, 4.69) is 61.7 Å². The van der Waals surface area contributed by atoms with Crippen LogP contribution in [-0.4, -0.2) is 46.6 Å². The van der Waals surface area contributed by atoms with Crippen molar-refractivity contribution in [1.29, 1.82) is 0 Å². The van der Waals surface area contributed by atoms with E-state index in [1.54, 1.807) is 0 Å². The van der Waals surface area contributed by atoms with Crippen LogP contribution in [0, 0.1) is 0 Å². The molecule has 7 nitrogen and oxygen atoms in total. The van der Waals surface area contributed by atoms with Gasteiger partial charge in [-0.05, 0) is 32.9 Å². The summed E-state index contributed by atoms with van der Waals surface area (Å²) in [6, 6.07) is 16.8. The van der Waals surface area contributed by atoms with E-state index in [9.17, 15) is 0 Å². The molecule has 0 amide bonds. The molecule has 160 valence electrons. The predicted octanol–water partition coefficient (Wildman–Crippen LogP) is 3.66. The first-order valence-electron chi connectivity index (χ1n) is 9.40. The zero-order valence-corrected chi connectivity index (χ0v) is 18.7. The van der Waals surface area contributed by atoms with Crippen molar-refractivity contribution in [2.24, 2.45) is 5.10 Å². The summed E-state index contributed by atoms with van der Waals surface area (Å²) in [6.07, 6.45) is 0.919. The van der Waals surface area contributed by atoms with Gasteiger partial charge in [0.15, 0.2) is 0 Å². The minimum atomic E-state index is -5.17. The quantitative estimate of drug-likeness (QED) is 0.396. The Balaban J connectivity index is 0.000000461. The number of anilines is 1. The van der Waals surface area contributed by atoms with Crippen LogP contribution < -0.4 is 5.01 Å². The zero-order chi connectivity index (χ0) is 22.3. The summed E-state index contributed by atoms with van der Waals surface area (Å²) < 4.78 is 36.4. The Morgan fingerprint density at radius 2 is 1.70 bits per heavy atom. The lowest BCUT2D eigenvalue weighted by atomic mass is 9.79. The van der Waals surface area contributed by atoms with Crippen molar-refractivity contribution in [2.75, 3.05) is 12.1 Å². The van der Waals surface area contributed by atoms with Crippen molar-refractivity contribution in [3.63, 3.8) is 0 Å². The van der Waals surface area contributed by atoms with Gasteiger partial charge in [0.05, 0.1) is 22.2 Å². The largest absolute Gasteiger partial charge is 0.759 e. The second kappa shape index (κ2) is 8.11. The van der Waals surface area contributed by atoms with Crippen LogP contribution in [0.4, 0.5) is 11.4 Å². The molecule has 4 rings (SSSR count). The average Bonchev–Trinajstić information content (AvgIpc) is 3.10. The van der Waals surface area contributed by atoms with Crippen molar-refractivity contribution in [2.45, 2.75) is 38.6 Å². The summed E-state index contributed by atoms with van der Waals surface area (Å²) in [6.45, 7) is 6.78. The third-order valence-corrected chi connectivity index (χ3v) is 5.69. The molecule has 0 bridgehead atoms. The standard InChI is InChI=1S/C21H23ClN3.H2O4S/c1-14-13-17(23-25(14)19-12-8-6-10-16(19)22)20-21(2,3)15-9-5-7-11-18(15)24(20)4;1-5(2,3)4/h5-12,14H,13H2,1-4H3;(H2,1,2,3,4)/q+1;/p-2. The van der Waals surface area contributed by atoms with Crippen LogP contribution >= 0.6 is 11.6 Å². The molecular weight excluding hydrogens is 426 g/mol. The molecule has 2 aliphatic rings. The number of para-hydroxylation sites is 2. The van der Waals surface area contributed by atoms with Crippen LogP contribution in [0.5, 0.6) is 0 Å². The van der Waals surface area contributed by atoms with Gasteiger partial charge in [0, 0.05) is 28.4 Å². The molecule has 9 heteroatoms. The Hall–Kier alpha value is -2.26. The molecule has 0 radical (unpaired) electrons. The minimum Gasteiger partial charge on any atom is -0.759 e. The van der Waals surface area contributed by atoms with Crippen molar-refractivity contribution in [3.05, 3.63) is 59.1 Å². The Morgan fingerprint density at radius 1 is 1.13 bits per heavy atom. The Labute approximate surface area is 181 Å². The minimum absolute atomic E-state index is 0.0552. The third kappa shape index (κ3) is 4.41. The number of nitrogens with zero attached hydrogens (tertiary/aromatic N) is 3. The van der Waals surface area contributed by atoms with E-state index in [0.717, 1.165) is 22.8 Å². The van der Waals surface area contributed by atoms with E-state index in [4.69, 9.17) is 34.2 Å². The fourth-order valence-electron chi connectivity index (χ4n) is 4.22. The molecule has 0 N–H and O–H groups in total. The summed E-state index contributed by atoms with van der Waals surface area (Å²) in [5.41, 5.74) is 5.99. The summed E-state index contributed by atoms with van der Waals surface area (Å²) in [7, 11) is -3.02. The van der Waals surface area contributed by atoms with Gasteiger partial charge in [-0.15, -0.1) is 0 Å². The van der Waals surface area contributed by atoms with E-state index in [-0.39, 0.29) is 11.5 Å². The first-order chi connectivity index (χ1) is 13.9. The van der Waals surface area contributed by atoms with Gasteiger partial charge >= 0.3 is 0 Å². The van der Waals surface area contributed by atoms with E-state index >= 15 is 0 Å². The fraction of sp³-hybridized carbons (Fsp3) is 0.333. The van der Waals surface area contributed by atoms with E-state index < -0.39 is 10.4 Å². The van der Waals surface area contributed by atoms with Crippen LogP contribution in [0.2, 0.25) is 5.02 Å². The zero-order valence-electron chi connectivity index (χ0n) is 17.2. The Morgan fingerprint density at radius 3 is 2.30 bits per heavy atom. The smallest absolute Gasteiger partial charge is 0.215 e. The summed E-state index contributed by atoms with van der Waals surface area (Å²) >= 11 is 6.41. The highest BCUT2D eigenvalue weighted by Crippen LogP contribution is 2.41. The second-order valence-corrected chi connectivity index (χ2v) is 9.08. The lowest BCUT2D eigenvalue weighted by molar-refractivity contribution is -0.400. The van der Waals surface area contributed by atoms with Crippen LogP contribution in [0.15, 0.2) is 53.6 Å². The number of halogens is 1. The maximum atomic E-state index is 8.52. The molecule has 2 heterocycles. The predicted molar refractivity (Wildman–Crippen MR) is 116 cm³/mol. The highest BCUT2D eigenvalue weighted by molar-refractivity contribution is 7.79. The molecule has 0 aliphatic carbocycles. The molecule has 1 atom stereocenters. The van der Waals surface area contributed by atoms with Crippen molar-refractivity contribution in [1.82, 2.24) is 0 Å². The molecule has 1 unspecified atom stereocenters. The van der Waals surface area contributed by atoms with Crippen molar-refractivity contribution in [3.8, 4) is 0 Å². The van der Waals surface area contributed by atoms with Crippen LogP contribution in [0.25, 0.3) is 0 Å². The van der Waals surface area contributed by atoms with Crippen LogP contribution in [0.3, 0.4) is 0 Å². The van der Waals surface area contributed by atoms with Gasteiger partial charge in [0.25, 0.3) is 0 Å². The normalized spacial score (nSPS) is 19.9. The number of hydrogen-bond acceptors (Lipinski definition) is 6. The van der Waals surface area contributed by atoms with Gasteiger partial charge in [-0.3, -0.25) is 13.4 Å². The number of benzene rings is 2. The fourth-order valence-corrected chi connectivity index (χ4v) is 4.45. The monoisotopic (exact) mass is 448 g/mol. The van der Waals surface area contributed by atoms with E-state index in [1.165, 1.54) is 17.0 Å². The Bertz CT molecular complexity index is 1130. The molecule has 0 spiro atoms. The number of hydrogen-bond donors (Lipinski definition) is 0. The molecule has 30 heavy (non-hydrogen) atoms. The molecule has 0 saturated carbocycles. The lowest BCUT2D eigenvalue weighted by Gasteiger charge is -2.20. The topological polar surface area (TPSA) is 98.9 Å². The van der Waals surface area contributed by atoms with Crippen molar-refractivity contribution < 1.29 is 22.1 Å². The highest BCUT2D eigenvalue weighted by atomic mass is 35.5. The van der Waals surface area contributed by atoms with Gasteiger partial charge in [0.2, 0.25) is 11.4 Å². The van der Waals surface area contributed by atoms with Gasteiger partial charge < -0.3 is 9.11 Å². The SMILES string of the molecule is CC1CC(C2=[N+](C)c3ccccc3C2(C)C)=NN1c1ccccc1Cl.O=S(=O)([O-])[O-]. The highest BCUT2D eigenvalue weighted by Gasteiger charge is 2.48. The maximum Gasteiger partial charge on any atom is 0.215 e. The van der Waals surface area contributed by atoms with Gasteiger partial charge in [-0.1, -0.05) is 41.9 Å². The summed E-state index contributed by atoms with van der Waals surface area (Å²) in [4.78, 5) is 0. The summed E-state index contributed by atoms with van der Waals surface area (Å²) in [5, 5.41) is 7.81. The molecular formula is C21H23ClN3O4S-. The lowest BCUT2D eigenvalue weighted by Crippen LogP contribution is -2.35. The molecule has 2 aromatic carbocycles. The number of fused-ring (bicyclic) bond motifs is 1. The van der Waals surface area contributed by atoms with Crippen molar-refractivity contribution >= 4 is 44.8 Å². The second-order valence-electron chi connectivity index (χ2n) is 7.85. The molecule has 2 aromatic rings. The van der Waals surface area contributed by atoms with E-state index in [1.807, 2.05) is 24.3 Å². The third-order valence-electron chi connectivity index (χ3n) is 5.37. The molecule has 0 aromatic heterocycles. The van der Waals surface area contributed by atoms with Crippen LogP contribution in [0.1, 0.15) is 32.8 Å². The summed E-state index contributed by atoms with van der Waals surface area (Å²) in [5.74, 6) is 0. The first-order valence-corrected chi connectivity index (χ1v) is 11.1. The van der Waals surface area contributed by atoms with Gasteiger partial charge in [-0.25, -0.2) is 0 Å². The van der Waals surface area contributed by atoms with Gasteiger partial charge in [-0.2, -0.15) is 9.68 Å². The number of rotatable bonds is 2. The maximum absolute atomic E-state index is 8.52. The molecule has 0 saturated heterocycles. The van der Waals surface area contributed by atoms with Crippen LogP contribution in [-0.2, 0) is 15.8 Å². The van der Waals surface area contributed by atoms with E-state index in [0.29, 0.717) is 0 Å². The van der Waals surface area contributed by atoms with Gasteiger partial charge in [0.1, 0.15) is 12.8 Å². The molecule has 2 aliphatic heterocycles. The average molecular weight is 449 g/mol. The Kier molecular flexibility index (Phi) is 6.06. The molecule has 0 fully saturated rings. The first kappa shape index (κ1) is 22.4.